The molecule has 1 unspecified atom stereocenters. The van der Waals surface area contributed by atoms with E-state index in [4.69, 9.17) is 4.98 Å². The fourth-order valence-corrected chi connectivity index (χ4v) is 5.69. The minimum absolute atomic E-state index is 0.0125. The van der Waals surface area contributed by atoms with Crippen molar-refractivity contribution in [3.63, 3.8) is 0 Å². The highest BCUT2D eigenvalue weighted by atomic mass is 32.1. The predicted octanol–water partition coefficient (Wildman–Crippen LogP) is 4.36. The van der Waals surface area contributed by atoms with Crippen molar-refractivity contribution in [2.24, 2.45) is 11.8 Å². The van der Waals surface area contributed by atoms with Gasteiger partial charge in [0.1, 0.15) is 6.04 Å². The van der Waals surface area contributed by atoms with Crippen LogP contribution >= 0.6 is 11.3 Å². The maximum absolute atomic E-state index is 13.0. The standard InChI is InChI=1S/C25H34N4O2S/c1-17(2)22(27-23(30)19-11-7-4-8-12-19)24(31)28-25-26-20-13-14-29(16-21(20)32-25)15-18-9-5-3-6-10-18/h3,5-6,9-10,17,19,22H,4,7-8,11-16H2,1-2H3,(H,27,30)(H,26,28,31). The lowest BCUT2D eigenvalue weighted by Gasteiger charge is -2.26. The largest absolute Gasteiger partial charge is 0.344 e. The van der Waals surface area contributed by atoms with Crippen LogP contribution in [0, 0.1) is 11.8 Å². The Labute approximate surface area is 194 Å². The van der Waals surface area contributed by atoms with Crippen LogP contribution < -0.4 is 10.6 Å². The lowest BCUT2D eigenvalue weighted by molar-refractivity contribution is -0.130. The minimum atomic E-state index is -0.542. The van der Waals surface area contributed by atoms with Gasteiger partial charge in [-0.3, -0.25) is 14.5 Å². The third kappa shape index (κ3) is 5.75. The summed E-state index contributed by atoms with van der Waals surface area (Å²) < 4.78 is 0. The average Bonchev–Trinajstić information content (AvgIpc) is 3.19. The van der Waals surface area contributed by atoms with Gasteiger partial charge in [-0.15, -0.1) is 11.3 Å². The number of fused-ring (bicyclic) bond motifs is 1. The summed E-state index contributed by atoms with van der Waals surface area (Å²) in [5.74, 6) is -0.0935. The molecular weight excluding hydrogens is 420 g/mol. The first-order valence-electron chi connectivity index (χ1n) is 11.9. The number of nitrogens with one attached hydrogen (secondary N) is 2. The number of hydrogen-bond donors (Lipinski definition) is 2. The Morgan fingerprint density at radius 3 is 2.62 bits per heavy atom. The van der Waals surface area contributed by atoms with E-state index in [1.165, 1.54) is 16.9 Å². The first-order chi connectivity index (χ1) is 15.5. The zero-order chi connectivity index (χ0) is 22.5. The minimum Gasteiger partial charge on any atom is -0.344 e. The first kappa shape index (κ1) is 22.9. The molecule has 2 N–H and O–H groups in total. The van der Waals surface area contributed by atoms with Crippen LogP contribution in [0.15, 0.2) is 30.3 Å². The van der Waals surface area contributed by atoms with Crippen molar-refractivity contribution in [2.75, 3.05) is 11.9 Å². The molecule has 0 spiro atoms. The van der Waals surface area contributed by atoms with Crippen molar-refractivity contribution < 1.29 is 9.59 Å². The van der Waals surface area contributed by atoms with Gasteiger partial charge in [-0.1, -0.05) is 63.4 Å². The Kier molecular flexibility index (Phi) is 7.58. The molecule has 1 fully saturated rings. The normalized spacial score (nSPS) is 18.2. The third-order valence-electron chi connectivity index (χ3n) is 6.51. The highest BCUT2D eigenvalue weighted by molar-refractivity contribution is 7.15. The van der Waals surface area contributed by atoms with Crippen molar-refractivity contribution in [2.45, 2.75) is 71.5 Å². The second-order valence-corrected chi connectivity index (χ2v) is 10.5. The molecule has 2 aromatic rings. The summed E-state index contributed by atoms with van der Waals surface area (Å²) in [5.41, 5.74) is 2.39. The Balaban J connectivity index is 1.36. The number of nitrogens with zero attached hydrogens (tertiary/aromatic N) is 2. The number of anilines is 1. The second kappa shape index (κ2) is 10.6. The number of amides is 2. The number of rotatable bonds is 7. The van der Waals surface area contributed by atoms with Crippen LogP contribution in [0.25, 0.3) is 0 Å². The zero-order valence-corrected chi connectivity index (χ0v) is 19.9. The molecule has 2 heterocycles. The summed E-state index contributed by atoms with van der Waals surface area (Å²) in [5, 5.41) is 6.65. The fourth-order valence-electron chi connectivity index (χ4n) is 4.63. The van der Waals surface area contributed by atoms with Crippen molar-refractivity contribution in [3.8, 4) is 0 Å². The van der Waals surface area contributed by atoms with E-state index < -0.39 is 6.04 Å². The molecule has 7 heteroatoms. The quantitative estimate of drug-likeness (QED) is 0.652. The summed E-state index contributed by atoms with van der Waals surface area (Å²) >= 11 is 1.56. The predicted molar refractivity (Wildman–Crippen MR) is 128 cm³/mol. The monoisotopic (exact) mass is 454 g/mol. The molecule has 32 heavy (non-hydrogen) atoms. The number of hydrogen-bond acceptors (Lipinski definition) is 5. The summed E-state index contributed by atoms with van der Waals surface area (Å²) in [4.78, 5) is 34.1. The molecule has 1 aliphatic carbocycles. The highest BCUT2D eigenvalue weighted by Gasteiger charge is 2.30. The van der Waals surface area contributed by atoms with E-state index in [1.54, 1.807) is 11.3 Å². The van der Waals surface area contributed by atoms with Gasteiger partial charge in [-0.25, -0.2) is 4.98 Å². The molecule has 2 aliphatic rings. The van der Waals surface area contributed by atoms with E-state index in [0.29, 0.717) is 5.13 Å². The molecule has 0 saturated heterocycles. The number of thiazole rings is 1. The Bertz CT molecular complexity index is 921. The van der Waals surface area contributed by atoms with Gasteiger partial charge >= 0.3 is 0 Å². The highest BCUT2D eigenvalue weighted by Crippen LogP contribution is 2.29. The molecule has 0 bridgehead atoms. The second-order valence-electron chi connectivity index (χ2n) is 9.39. The summed E-state index contributed by atoms with van der Waals surface area (Å²) in [6.45, 7) is 6.68. The number of carbonyl (C=O) groups excluding carboxylic acids is 2. The molecule has 6 nitrogen and oxygen atoms in total. The zero-order valence-electron chi connectivity index (χ0n) is 19.1. The molecule has 4 rings (SSSR count). The van der Waals surface area contributed by atoms with Gasteiger partial charge in [0.05, 0.1) is 5.69 Å². The van der Waals surface area contributed by atoms with E-state index in [-0.39, 0.29) is 23.7 Å². The molecular formula is C25H34N4O2S. The number of benzene rings is 1. The van der Waals surface area contributed by atoms with Crippen molar-refractivity contribution >= 4 is 28.3 Å². The smallest absolute Gasteiger partial charge is 0.248 e. The molecule has 1 saturated carbocycles. The fraction of sp³-hybridized carbons (Fsp3) is 0.560. The Morgan fingerprint density at radius 1 is 1.16 bits per heavy atom. The maximum Gasteiger partial charge on any atom is 0.248 e. The lowest BCUT2D eigenvalue weighted by Crippen LogP contribution is -2.49. The van der Waals surface area contributed by atoms with E-state index >= 15 is 0 Å². The molecule has 2 amide bonds. The number of aromatic nitrogens is 1. The van der Waals surface area contributed by atoms with Crippen LogP contribution in [0.2, 0.25) is 0 Å². The van der Waals surface area contributed by atoms with Gasteiger partial charge in [0, 0.05) is 36.9 Å². The van der Waals surface area contributed by atoms with E-state index in [1.807, 2.05) is 19.9 Å². The van der Waals surface area contributed by atoms with E-state index in [2.05, 4.69) is 39.8 Å². The Hall–Kier alpha value is -2.25. The van der Waals surface area contributed by atoms with E-state index in [0.717, 1.165) is 57.4 Å². The topological polar surface area (TPSA) is 74.3 Å². The molecule has 1 aromatic heterocycles. The third-order valence-corrected chi connectivity index (χ3v) is 7.51. The van der Waals surface area contributed by atoms with Crippen LogP contribution in [0.5, 0.6) is 0 Å². The Morgan fingerprint density at radius 2 is 1.91 bits per heavy atom. The molecule has 0 radical (unpaired) electrons. The maximum atomic E-state index is 13.0. The van der Waals surface area contributed by atoms with Gasteiger partial charge in [-0.05, 0) is 24.3 Å². The molecule has 1 aliphatic heterocycles. The van der Waals surface area contributed by atoms with Crippen molar-refractivity contribution in [3.05, 3.63) is 46.5 Å². The SMILES string of the molecule is CC(C)C(NC(=O)C1CCCCC1)C(=O)Nc1nc2c(s1)CN(Cc1ccccc1)CC2. The van der Waals surface area contributed by atoms with Gasteiger partial charge in [0.2, 0.25) is 11.8 Å². The van der Waals surface area contributed by atoms with E-state index in [9.17, 15) is 9.59 Å². The van der Waals surface area contributed by atoms with Gasteiger partial charge in [-0.2, -0.15) is 0 Å². The van der Waals surface area contributed by atoms with Crippen LogP contribution in [0.4, 0.5) is 5.13 Å². The summed E-state index contributed by atoms with van der Waals surface area (Å²) in [6, 6.07) is 9.95. The van der Waals surface area contributed by atoms with Crippen molar-refractivity contribution in [1.29, 1.82) is 0 Å². The summed E-state index contributed by atoms with van der Waals surface area (Å²) in [7, 11) is 0. The molecule has 1 aromatic carbocycles. The molecule has 1 atom stereocenters. The number of carbonyl (C=O) groups is 2. The van der Waals surface area contributed by atoms with Crippen molar-refractivity contribution in [1.82, 2.24) is 15.2 Å². The van der Waals surface area contributed by atoms with Crippen LogP contribution in [-0.4, -0.2) is 34.3 Å². The van der Waals surface area contributed by atoms with Gasteiger partial charge in [0.25, 0.3) is 0 Å². The first-order valence-corrected chi connectivity index (χ1v) is 12.7. The van der Waals surface area contributed by atoms with Crippen LogP contribution in [0.3, 0.4) is 0 Å². The van der Waals surface area contributed by atoms with Gasteiger partial charge in [0.15, 0.2) is 5.13 Å². The molecule has 172 valence electrons. The average molecular weight is 455 g/mol. The lowest BCUT2D eigenvalue weighted by atomic mass is 9.88. The van der Waals surface area contributed by atoms with Crippen LogP contribution in [0.1, 0.15) is 62.1 Å². The van der Waals surface area contributed by atoms with Gasteiger partial charge < -0.3 is 10.6 Å². The summed E-state index contributed by atoms with van der Waals surface area (Å²) in [6.07, 6.45) is 6.15. The van der Waals surface area contributed by atoms with Crippen LogP contribution in [-0.2, 0) is 29.1 Å².